The van der Waals surface area contributed by atoms with Crippen LogP contribution in [0.1, 0.15) is 79.6 Å². The molecule has 10 atom stereocenters. The first-order chi connectivity index (χ1) is 25.8. The summed E-state index contributed by atoms with van der Waals surface area (Å²) in [6.45, 7) is 19.7. The molecule has 2 N–H and O–H groups in total. The molecule has 1 amide bonds. The number of esters is 1. The molecule has 2 aromatic heterocycles. The number of fused-ring (bicyclic) bond motifs is 1. The second kappa shape index (κ2) is 14.9. The highest BCUT2D eigenvalue weighted by Gasteiger charge is 2.68. The summed E-state index contributed by atoms with van der Waals surface area (Å²) in [6.07, 6.45) is 8.92. The van der Waals surface area contributed by atoms with E-state index in [-0.39, 0.29) is 53.4 Å². The number of aryl methyl sites for hydroxylation is 1. The summed E-state index contributed by atoms with van der Waals surface area (Å²) in [5.41, 5.74) is -0.0197. The summed E-state index contributed by atoms with van der Waals surface area (Å²) in [5.74, 6) is 1.27. The molecule has 54 heavy (non-hydrogen) atoms. The quantitative estimate of drug-likeness (QED) is 0.271. The highest BCUT2D eigenvalue weighted by atomic mass is 16.5. The lowest BCUT2D eigenvalue weighted by atomic mass is 9.44. The van der Waals surface area contributed by atoms with Crippen molar-refractivity contribution in [3.05, 3.63) is 25.3 Å². The molecule has 4 heterocycles. The van der Waals surface area contributed by atoms with Gasteiger partial charge in [-0.2, -0.15) is 0 Å². The maximum atomic E-state index is 13.9. The normalized spacial score (nSPS) is 37.2. The van der Waals surface area contributed by atoms with E-state index in [4.69, 9.17) is 4.74 Å². The van der Waals surface area contributed by atoms with E-state index in [1.165, 1.54) is 0 Å². The van der Waals surface area contributed by atoms with Gasteiger partial charge in [0, 0.05) is 74.9 Å². The molecule has 3 saturated carbocycles. The maximum absolute atomic E-state index is 13.9. The summed E-state index contributed by atoms with van der Waals surface area (Å²) >= 11 is 0. The molecule has 5 fully saturated rings. The first-order valence-electron chi connectivity index (χ1n) is 20.4. The van der Waals surface area contributed by atoms with Gasteiger partial charge in [0.05, 0.1) is 19.0 Å². The van der Waals surface area contributed by atoms with Crippen molar-refractivity contribution >= 4 is 34.6 Å². The SMILES string of the molecule is C=C[C@]1(C)C[C@@H](OC(=O)CN2CCN(C(=O)CCn3cnc4c(N5CCC(CNC)C5)ncnc43)[C@@H](C)C2)[C@]2(C)[C@H](C)CC[C@]3(CCC(=O)[C@@H]32)[C@@H](C)[C@@H]1O. The summed E-state index contributed by atoms with van der Waals surface area (Å²) in [7, 11) is 1.98. The Morgan fingerprint density at radius 1 is 1.09 bits per heavy atom. The number of imidazole rings is 1. The Bertz CT molecular complexity index is 1750. The van der Waals surface area contributed by atoms with Crippen molar-refractivity contribution in [2.75, 3.05) is 57.8 Å². The number of hydrogen-bond donors (Lipinski definition) is 2. The van der Waals surface area contributed by atoms with Crippen LogP contribution in [0.4, 0.5) is 5.82 Å². The van der Waals surface area contributed by atoms with Crippen molar-refractivity contribution in [3.8, 4) is 0 Å². The number of ether oxygens (including phenoxy) is 1. The number of Topliss-reactive ketones (excluding diaryl/α,β-unsaturated/α-hetero) is 1. The van der Waals surface area contributed by atoms with Gasteiger partial charge < -0.3 is 29.5 Å². The Labute approximate surface area is 320 Å². The van der Waals surface area contributed by atoms with Gasteiger partial charge >= 0.3 is 5.97 Å². The van der Waals surface area contributed by atoms with Crippen LogP contribution in [0.25, 0.3) is 11.2 Å². The number of nitrogens with one attached hydrogen (secondary N) is 1. The van der Waals surface area contributed by atoms with E-state index < -0.39 is 23.0 Å². The Morgan fingerprint density at radius 3 is 2.63 bits per heavy atom. The van der Waals surface area contributed by atoms with Gasteiger partial charge in [-0.3, -0.25) is 19.3 Å². The molecule has 0 spiro atoms. The van der Waals surface area contributed by atoms with E-state index in [9.17, 15) is 19.5 Å². The molecule has 13 nitrogen and oxygen atoms in total. The standard InChI is InChI=1S/C41H62N8O5/c1-8-39(5)19-31(40(6)26(2)9-13-41(28(4)36(39)53)14-10-30(50)35(40)41)54-33(52)23-46-17-18-49(27(3)21-46)32(51)12-16-48-25-45-34-37(43-24-44-38(34)48)47-15-11-29(22-47)20-42-7/h8,24-29,31,35-36,42,53H,1,9-23H2,2-7H3/t26-,27+,28+,29?,31-,35-,36+,39-,40+,41+/m1/s1. The molecule has 2 saturated heterocycles. The van der Waals surface area contributed by atoms with Gasteiger partial charge in [0.25, 0.3) is 0 Å². The molecule has 1 unspecified atom stereocenters. The lowest BCUT2D eigenvalue weighted by Crippen LogP contribution is -2.63. The number of ketones is 1. The average Bonchev–Trinajstić information content (AvgIpc) is 3.89. The molecular formula is C41H62N8O5. The monoisotopic (exact) mass is 746 g/mol. The average molecular weight is 747 g/mol. The summed E-state index contributed by atoms with van der Waals surface area (Å²) in [6, 6.07) is -0.0806. The van der Waals surface area contributed by atoms with Crippen LogP contribution in [0.3, 0.4) is 0 Å². The second-order valence-corrected chi connectivity index (χ2v) is 18.0. The number of amides is 1. The van der Waals surface area contributed by atoms with Gasteiger partial charge in [-0.05, 0) is 75.8 Å². The number of anilines is 1. The van der Waals surface area contributed by atoms with Gasteiger partial charge in [0.1, 0.15) is 18.2 Å². The molecule has 3 aliphatic carbocycles. The molecular weight excluding hydrogens is 685 g/mol. The zero-order valence-corrected chi connectivity index (χ0v) is 33.3. The fourth-order valence-electron chi connectivity index (χ4n) is 11.5. The van der Waals surface area contributed by atoms with Gasteiger partial charge in [-0.15, -0.1) is 6.58 Å². The van der Waals surface area contributed by atoms with Gasteiger partial charge in [0.2, 0.25) is 5.91 Å². The van der Waals surface area contributed by atoms with Crippen LogP contribution >= 0.6 is 0 Å². The molecule has 0 radical (unpaired) electrons. The van der Waals surface area contributed by atoms with Gasteiger partial charge in [0.15, 0.2) is 17.0 Å². The fraction of sp³-hybridized carbons (Fsp3) is 0.756. The summed E-state index contributed by atoms with van der Waals surface area (Å²) < 4.78 is 8.45. The number of rotatable bonds is 10. The van der Waals surface area contributed by atoms with Crippen LogP contribution in [0.15, 0.2) is 25.3 Å². The van der Waals surface area contributed by atoms with Crippen LogP contribution in [0.5, 0.6) is 0 Å². The predicted molar refractivity (Wildman–Crippen MR) is 206 cm³/mol. The minimum Gasteiger partial charge on any atom is -0.461 e. The van der Waals surface area contributed by atoms with Crippen molar-refractivity contribution in [3.63, 3.8) is 0 Å². The highest BCUT2D eigenvalue weighted by molar-refractivity contribution is 5.86. The third kappa shape index (κ3) is 6.55. The minimum atomic E-state index is -0.696. The topological polar surface area (TPSA) is 146 Å². The number of carbonyl (C=O) groups excluding carboxylic acids is 3. The molecule has 296 valence electrons. The Kier molecular flexibility index (Phi) is 10.7. The molecule has 5 aliphatic rings. The van der Waals surface area contributed by atoms with Crippen molar-refractivity contribution < 1.29 is 24.2 Å². The van der Waals surface area contributed by atoms with Crippen molar-refractivity contribution in [2.45, 2.75) is 104 Å². The zero-order chi connectivity index (χ0) is 38.6. The van der Waals surface area contributed by atoms with E-state index in [0.29, 0.717) is 51.4 Å². The van der Waals surface area contributed by atoms with E-state index in [0.717, 1.165) is 62.3 Å². The molecule has 7 rings (SSSR count). The van der Waals surface area contributed by atoms with Gasteiger partial charge in [-0.1, -0.05) is 33.8 Å². The molecule has 2 aliphatic heterocycles. The van der Waals surface area contributed by atoms with Gasteiger partial charge in [-0.25, -0.2) is 15.0 Å². The van der Waals surface area contributed by atoms with Crippen molar-refractivity contribution in [2.24, 2.45) is 39.9 Å². The number of carbonyl (C=O) groups is 3. The number of aliphatic hydroxyl groups is 1. The maximum Gasteiger partial charge on any atom is 0.320 e. The van der Waals surface area contributed by atoms with Crippen LogP contribution in [-0.4, -0.2) is 123 Å². The lowest BCUT2D eigenvalue weighted by Gasteiger charge is -2.61. The number of hydrogen-bond acceptors (Lipinski definition) is 11. The Hall–Kier alpha value is -3.42. The van der Waals surface area contributed by atoms with E-state index >= 15 is 0 Å². The molecule has 2 bridgehead atoms. The number of piperazine rings is 1. The van der Waals surface area contributed by atoms with Crippen molar-refractivity contribution in [1.29, 1.82) is 0 Å². The largest absolute Gasteiger partial charge is 0.461 e. The Morgan fingerprint density at radius 2 is 1.89 bits per heavy atom. The van der Waals surface area contributed by atoms with Crippen LogP contribution in [-0.2, 0) is 25.7 Å². The minimum absolute atomic E-state index is 0.0604. The third-order valence-corrected chi connectivity index (χ3v) is 15.0. The third-order valence-electron chi connectivity index (χ3n) is 15.0. The van der Waals surface area contributed by atoms with E-state index in [2.05, 4.69) is 57.4 Å². The Balaban J connectivity index is 0.976. The van der Waals surface area contributed by atoms with Crippen LogP contribution in [0.2, 0.25) is 0 Å². The second-order valence-electron chi connectivity index (χ2n) is 18.0. The van der Waals surface area contributed by atoms with E-state index in [1.54, 1.807) is 12.7 Å². The van der Waals surface area contributed by atoms with Crippen LogP contribution in [0, 0.1) is 39.9 Å². The summed E-state index contributed by atoms with van der Waals surface area (Å²) in [4.78, 5) is 61.2. The number of aromatic nitrogens is 4. The molecule has 13 heteroatoms. The molecule has 2 aromatic rings. The molecule has 0 aromatic carbocycles. The summed E-state index contributed by atoms with van der Waals surface area (Å²) in [5, 5.41) is 15.1. The first-order valence-corrected chi connectivity index (χ1v) is 20.4. The number of aliphatic hydroxyl groups excluding tert-OH is 1. The predicted octanol–water partition coefficient (Wildman–Crippen LogP) is 3.70. The fourth-order valence-corrected chi connectivity index (χ4v) is 11.5. The smallest absolute Gasteiger partial charge is 0.320 e. The van der Waals surface area contributed by atoms with E-state index in [1.807, 2.05) is 36.4 Å². The number of nitrogens with zero attached hydrogens (tertiary/aromatic N) is 7. The highest BCUT2D eigenvalue weighted by Crippen LogP contribution is 2.68. The lowest BCUT2D eigenvalue weighted by molar-refractivity contribution is -0.207. The van der Waals surface area contributed by atoms with Crippen LogP contribution < -0.4 is 10.2 Å². The zero-order valence-electron chi connectivity index (χ0n) is 33.3. The first kappa shape index (κ1) is 38.8. The van der Waals surface area contributed by atoms with Crippen molar-refractivity contribution in [1.82, 2.24) is 34.6 Å².